The Hall–Kier alpha value is -2.04. The van der Waals surface area contributed by atoms with Crippen molar-refractivity contribution in [3.05, 3.63) is 24.3 Å². The van der Waals surface area contributed by atoms with Crippen LogP contribution in [0.3, 0.4) is 0 Å². The smallest absolute Gasteiger partial charge is 0.313 e. The summed E-state index contributed by atoms with van der Waals surface area (Å²) in [5.74, 6) is 0.261. The molecule has 1 aliphatic rings. The summed E-state index contributed by atoms with van der Waals surface area (Å²) in [5.41, 5.74) is 0. The monoisotopic (exact) mass is 250 g/mol. The summed E-state index contributed by atoms with van der Waals surface area (Å²) in [6.07, 6.45) is -1.03. The molecule has 0 fully saturated rings. The van der Waals surface area contributed by atoms with Crippen molar-refractivity contribution in [1.82, 2.24) is 0 Å². The molecular formula is C13H14O5. The number of ether oxygens (including phenoxy) is 3. The van der Waals surface area contributed by atoms with E-state index in [0.717, 1.165) is 0 Å². The van der Waals surface area contributed by atoms with E-state index in [1.165, 1.54) is 0 Å². The Morgan fingerprint density at radius 2 is 2.06 bits per heavy atom. The second-order valence-electron chi connectivity index (χ2n) is 3.81. The van der Waals surface area contributed by atoms with Crippen LogP contribution in [0.5, 0.6) is 11.5 Å². The molecule has 1 heterocycles. The number of para-hydroxylation sites is 2. The summed E-state index contributed by atoms with van der Waals surface area (Å²) in [7, 11) is 0. The van der Waals surface area contributed by atoms with Gasteiger partial charge in [-0.1, -0.05) is 12.1 Å². The Morgan fingerprint density at radius 1 is 1.33 bits per heavy atom. The molecular weight excluding hydrogens is 236 g/mol. The molecule has 0 bridgehead atoms. The first-order valence-electron chi connectivity index (χ1n) is 5.77. The number of esters is 1. The Kier molecular flexibility index (Phi) is 3.82. The Bertz CT molecular complexity index is 454. The van der Waals surface area contributed by atoms with Crippen molar-refractivity contribution in [2.24, 2.45) is 0 Å². The second-order valence-corrected chi connectivity index (χ2v) is 3.81. The van der Waals surface area contributed by atoms with E-state index in [1.807, 2.05) is 6.07 Å². The summed E-state index contributed by atoms with van der Waals surface area (Å²) in [6, 6.07) is 7.10. The van der Waals surface area contributed by atoms with Crippen LogP contribution in [-0.2, 0) is 14.3 Å². The fourth-order valence-corrected chi connectivity index (χ4v) is 1.65. The minimum atomic E-state index is -0.746. The maximum atomic E-state index is 11.8. The SMILES string of the molecule is CCOC(=O)CC(=O)C1COc2ccccc2O1. The summed E-state index contributed by atoms with van der Waals surface area (Å²) in [6.45, 7) is 2.07. The number of benzene rings is 1. The third kappa shape index (κ3) is 2.80. The molecule has 1 unspecified atom stereocenters. The minimum Gasteiger partial charge on any atom is -0.485 e. The molecule has 96 valence electrons. The van der Waals surface area contributed by atoms with Crippen LogP contribution >= 0.6 is 0 Å². The number of hydrogen-bond acceptors (Lipinski definition) is 5. The third-order valence-electron chi connectivity index (χ3n) is 2.49. The molecule has 0 aromatic heterocycles. The van der Waals surface area contributed by atoms with Crippen LogP contribution in [0.4, 0.5) is 0 Å². The number of rotatable bonds is 4. The Morgan fingerprint density at radius 3 is 2.78 bits per heavy atom. The predicted octanol–water partition coefficient (Wildman–Crippen LogP) is 1.35. The molecule has 1 aromatic rings. The molecule has 0 saturated carbocycles. The highest BCUT2D eigenvalue weighted by Crippen LogP contribution is 2.31. The van der Waals surface area contributed by atoms with E-state index in [9.17, 15) is 9.59 Å². The van der Waals surface area contributed by atoms with Crippen LogP contribution in [0.2, 0.25) is 0 Å². The fraction of sp³-hybridized carbons (Fsp3) is 0.385. The molecule has 0 N–H and O–H groups in total. The normalized spacial score (nSPS) is 17.1. The zero-order valence-corrected chi connectivity index (χ0v) is 10.0. The molecule has 0 radical (unpaired) electrons. The molecule has 1 aliphatic heterocycles. The first-order chi connectivity index (χ1) is 8.70. The van der Waals surface area contributed by atoms with Crippen LogP contribution in [0, 0.1) is 0 Å². The van der Waals surface area contributed by atoms with Crippen molar-refractivity contribution in [3.8, 4) is 11.5 Å². The van der Waals surface area contributed by atoms with E-state index in [-0.39, 0.29) is 25.4 Å². The van der Waals surface area contributed by atoms with Gasteiger partial charge in [-0.25, -0.2) is 0 Å². The van der Waals surface area contributed by atoms with Gasteiger partial charge < -0.3 is 14.2 Å². The highest BCUT2D eigenvalue weighted by Gasteiger charge is 2.28. The summed E-state index contributed by atoms with van der Waals surface area (Å²) >= 11 is 0. The van der Waals surface area contributed by atoms with Gasteiger partial charge in [0, 0.05) is 0 Å². The molecule has 1 aromatic carbocycles. The number of hydrogen-bond donors (Lipinski definition) is 0. The first-order valence-corrected chi connectivity index (χ1v) is 5.77. The van der Waals surface area contributed by atoms with Crippen LogP contribution in [0.15, 0.2) is 24.3 Å². The molecule has 0 saturated heterocycles. The molecule has 2 rings (SSSR count). The lowest BCUT2D eigenvalue weighted by Crippen LogP contribution is -2.37. The van der Waals surface area contributed by atoms with Gasteiger partial charge in [0.05, 0.1) is 6.61 Å². The lowest BCUT2D eigenvalue weighted by Gasteiger charge is -2.25. The van der Waals surface area contributed by atoms with E-state index < -0.39 is 12.1 Å². The number of carbonyl (C=O) groups is 2. The van der Waals surface area contributed by atoms with E-state index in [0.29, 0.717) is 11.5 Å². The van der Waals surface area contributed by atoms with E-state index in [2.05, 4.69) is 0 Å². The first kappa shape index (κ1) is 12.4. The van der Waals surface area contributed by atoms with Crippen LogP contribution in [-0.4, -0.2) is 31.1 Å². The fourth-order valence-electron chi connectivity index (χ4n) is 1.65. The highest BCUT2D eigenvalue weighted by molar-refractivity contribution is 5.98. The van der Waals surface area contributed by atoms with Crippen molar-refractivity contribution < 1.29 is 23.8 Å². The Balaban J connectivity index is 1.96. The maximum absolute atomic E-state index is 11.8. The lowest BCUT2D eigenvalue weighted by molar-refractivity contribution is -0.147. The van der Waals surface area contributed by atoms with E-state index >= 15 is 0 Å². The molecule has 0 spiro atoms. The van der Waals surface area contributed by atoms with Gasteiger partial charge in [-0.3, -0.25) is 9.59 Å². The average Bonchev–Trinajstić information content (AvgIpc) is 2.38. The maximum Gasteiger partial charge on any atom is 0.313 e. The number of carbonyl (C=O) groups excluding carboxylic acids is 2. The number of ketones is 1. The average molecular weight is 250 g/mol. The quantitative estimate of drug-likeness (QED) is 0.596. The van der Waals surface area contributed by atoms with Gasteiger partial charge in [0.1, 0.15) is 13.0 Å². The van der Waals surface area contributed by atoms with Gasteiger partial charge in [-0.2, -0.15) is 0 Å². The second kappa shape index (κ2) is 5.53. The van der Waals surface area contributed by atoms with Crippen molar-refractivity contribution in [2.45, 2.75) is 19.4 Å². The zero-order chi connectivity index (χ0) is 13.0. The summed E-state index contributed by atoms with van der Waals surface area (Å²) in [4.78, 5) is 23.0. The number of Topliss-reactive ketones (excluding diaryl/α,β-unsaturated/α-hetero) is 1. The summed E-state index contributed by atoms with van der Waals surface area (Å²) < 4.78 is 15.6. The molecule has 1 atom stereocenters. The number of fused-ring (bicyclic) bond motifs is 1. The molecule has 5 heteroatoms. The predicted molar refractivity (Wildman–Crippen MR) is 62.6 cm³/mol. The summed E-state index contributed by atoms with van der Waals surface area (Å²) in [5, 5.41) is 0. The molecule has 18 heavy (non-hydrogen) atoms. The minimum absolute atomic E-state index is 0.120. The van der Waals surface area contributed by atoms with Crippen LogP contribution < -0.4 is 9.47 Å². The van der Waals surface area contributed by atoms with Gasteiger partial charge >= 0.3 is 5.97 Å². The largest absolute Gasteiger partial charge is 0.485 e. The van der Waals surface area contributed by atoms with Crippen molar-refractivity contribution in [1.29, 1.82) is 0 Å². The van der Waals surface area contributed by atoms with Gasteiger partial charge in [0.15, 0.2) is 23.4 Å². The Labute approximate surface area is 105 Å². The molecule has 5 nitrogen and oxygen atoms in total. The van der Waals surface area contributed by atoms with Gasteiger partial charge in [-0.05, 0) is 19.1 Å². The zero-order valence-electron chi connectivity index (χ0n) is 10.0. The molecule has 0 aliphatic carbocycles. The topological polar surface area (TPSA) is 61.8 Å². The van der Waals surface area contributed by atoms with Gasteiger partial charge in [0.25, 0.3) is 0 Å². The molecule has 0 amide bonds. The highest BCUT2D eigenvalue weighted by atomic mass is 16.6. The van der Waals surface area contributed by atoms with Crippen molar-refractivity contribution in [3.63, 3.8) is 0 Å². The van der Waals surface area contributed by atoms with E-state index in [1.54, 1.807) is 25.1 Å². The van der Waals surface area contributed by atoms with Crippen LogP contribution in [0.1, 0.15) is 13.3 Å². The van der Waals surface area contributed by atoms with Gasteiger partial charge in [0.2, 0.25) is 0 Å². The van der Waals surface area contributed by atoms with Gasteiger partial charge in [-0.15, -0.1) is 0 Å². The lowest BCUT2D eigenvalue weighted by atomic mass is 10.1. The van der Waals surface area contributed by atoms with Crippen molar-refractivity contribution in [2.75, 3.05) is 13.2 Å². The standard InChI is InChI=1S/C13H14O5/c1-2-16-13(15)7-9(14)12-8-17-10-5-3-4-6-11(10)18-12/h3-6,12H,2,7-8H2,1H3. The van der Waals surface area contributed by atoms with Crippen LogP contribution in [0.25, 0.3) is 0 Å². The van der Waals surface area contributed by atoms with E-state index in [4.69, 9.17) is 14.2 Å². The van der Waals surface area contributed by atoms with Crippen molar-refractivity contribution >= 4 is 11.8 Å². The third-order valence-corrected chi connectivity index (χ3v) is 2.49.